The third-order valence-electron chi connectivity index (χ3n) is 4.44. The second-order valence-electron chi connectivity index (χ2n) is 6.31. The van der Waals surface area contributed by atoms with Gasteiger partial charge in [0.2, 0.25) is 0 Å². The van der Waals surface area contributed by atoms with E-state index in [-0.39, 0.29) is 5.56 Å². The first kappa shape index (κ1) is 17.2. The Hall–Kier alpha value is -1.66. The monoisotopic (exact) mass is 390 g/mol. The van der Waals surface area contributed by atoms with Gasteiger partial charge >= 0.3 is 0 Å². The third kappa shape index (κ3) is 4.24. The van der Waals surface area contributed by atoms with Crippen molar-refractivity contribution in [3.05, 3.63) is 56.4 Å². The van der Waals surface area contributed by atoms with Crippen LogP contribution in [0.15, 0.2) is 39.7 Å². The number of likely N-dealkylation sites (tertiary alicyclic amines) is 1. The molecule has 6 heteroatoms. The Kier molecular flexibility index (Phi) is 5.68. The standard InChI is InChI=1S/C18H23BrN4O/c1-22-18(24)17(19)16(12-21-22)20-11-14-5-7-15(8-6-14)13-23-9-3-2-4-10-23/h5-8,12,20H,2-4,9-11,13H2,1H3. The minimum absolute atomic E-state index is 0.142. The van der Waals surface area contributed by atoms with Crippen molar-refractivity contribution in [1.29, 1.82) is 0 Å². The van der Waals surface area contributed by atoms with Crippen molar-refractivity contribution in [1.82, 2.24) is 14.7 Å². The third-order valence-corrected chi connectivity index (χ3v) is 5.21. The molecule has 1 saturated heterocycles. The molecule has 3 rings (SSSR count). The van der Waals surface area contributed by atoms with Crippen LogP contribution in [0.25, 0.3) is 0 Å². The Morgan fingerprint density at radius 1 is 1.12 bits per heavy atom. The molecule has 1 aromatic carbocycles. The number of halogens is 1. The first-order chi connectivity index (χ1) is 11.6. The normalized spacial score (nSPS) is 15.4. The Bertz CT molecular complexity index is 736. The van der Waals surface area contributed by atoms with Gasteiger partial charge in [0.15, 0.2) is 0 Å². The van der Waals surface area contributed by atoms with Gasteiger partial charge in [-0.2, -0.15) is 5.10 Å². The molecule has 0 unspecified atom stereocenters. The maximum Gasteiger partial charge on any atom is 0.282 e. The van der Waals surface area contributed by atoms with Crippen LogP contribution < -0.4 is 10.9 Å². The minimum Gasteiger partial charge on any atom is -0.379 e. The van der Waals surface area contributed by atoms with E-state index in [1.54, 1.807) is 13.2 Å². The van der Waals surface area contributed by atoms with E-state index in [0.717, 1.165) is 12.2 Å². The molecule has 24 heavy (non-hydrogen) atoms. The summed E-state index contributed by atoms with van der Waals surface area (Å²) in [6.45, 7) is 4.13. The number of anilines is 1. The van der Waals surface area contributed by atoms with E-state index in [4.69, 9.17) is 0 Å². The number of hydrogen-bond donors (Lipinski definition) is 1. The molecule has 0 saturated carbocycles. The zero-order valence-electron chi connectivity index (χ0n) is 14.0. The van der Waals surface area contributed by atoms with Crippen LogP contribution >= 0.6 is 15.9 Å². The van der Waals surface area contributed by atoms with Crippen molar-refractivity contribution in [2.75, 3.05) is 18.4 Å². The molecule has 1 fully saturated rings. The van der Waals surface area contributed by atoms with Gasteiger partial charge in [-0.05, 0) is 53.0 Å². The molecule has 2 aromatic rings. The summed E-state index contributed by atoms with van der Waals surface area (Å²) < 4.78 is 1.83. The van der Waals surface area contributed by atoms with Crippen LogP contribution in [0.3, 0.4) is 0 Å². The summed E-state index contributed by atoms with van der Waals surface area (Å²) in [4.78, 5) is 14.4. The van der Waals surface area contributed by atoms with Crippen molar-refractivity contribution in [2.45, 2.75) is 32.4 Å². The van der Waals surface area contributed by atoms with Gasteiger partial charge in [-0.3, -0.25) is 9.69 Å². The molecule has 1 aliphatic heterocycles. The first-order valence-electron chi connectivity index (χ1n) is 8.39. The topological polar surface area (TPSA) is 50.2 Å². The molecule has 0 amide bonds. The Morgan fingerprint density at radius 2 is 1.79 bits per heavy atom. The summed E-state index contributed by atoms with van der Waals surface area (Å²) in [5.74, 6) is 0. The number of hydrogen-bond acceptors (Lipinski definition) is 4. The SMILES string of the molecule is Cn1ncc(NCc2ccc(CN3CCCCC3)cc2)c(Br)c1=O. The van der Waals surface area contributed by atoms with E-state index in [1.807, 2.05) is 0 Å². The average Bonchev–Trinajstić information content (AvgIpc) is 2.61. The molecule has 1 N–H and O–H groups in total. The van der Waals surface area contributed by atoms with Gasteiger partial charge in [-0.15, -0.1) is 0 Å². The maximum atomic E-state index is 11.8. The molecule has 0 aliphatic carbocycles. The van der Waals surface area contributed by atoms with Gasteiger partial charge in [0.1, 0.15) is 4.47 Å². The van der Waals surface area contributed by atoms with E-state index < -0.39 is 0 Å². The van der Waals surface area contributed by atoms with E-state index in [2.05, 4.69) is 55.5 Å². The summed E-state index contributed by atoms with van der Waals surface area (Å²) >= 11 is 3.33. The van der Waals surface area contributed by atoms with Crippen LogP contribution in [0.1, 0.15) is 30.4 Å². The zero-order chi connectivity index (χ0) is 16.9. The molecule has 128 valence electrons. The molecule has 0 radical (unpaired) electrons. The highest BCUT2D eigenvalue weighted by molar-refractivity contribution is 9.10. The predicted molar refractivity (Wildman–Crippen MR) is 100 cm³/mol. The van der Waals surface area contributed by atoms with E-state index in [0.29, 0.717) is 11.0 Å². The van der Waals surface area contributed by atoms with Gasteiger partial charge < -0.3 is 5.32 Å². The molecule has 0 spiro atoms. The van der Waals surface area contributed by atoms with Crippen molar-refractivity contribution in [3.8, 4) is 0 Å². The zero-order valence-corrected chi connectivity index (χ0v) is 15.6. The van der Waals surface area contributed by atoms with Crippen molar-refractivity contribution in [2.24, 2.45) is 7.05 Å². The average molecular weight is 391 g/mol. The highest BCUT2D eigenvalue weighted by atomic mass is 79.9. The van der Waals surface area contributed by atoms with E-state index in [1.165, 1.54) is 48.2 Å². The lowest BCUT2D eigenvalue weighted by molar-refractivity contribution is 0.221. The van der Waals surface area contributed by atoms with Gasteiger partial charge in [0, 0.05) is 20.1 Å². The molecule has 5 nitrogen and oxygen atoms in total. The largest absolute Gasteiger partial charge is 0.379 e. The highest BCUT2D eigenvalue weighted by Gasteiger charge is 2.10. The minimum atomic E-state index is -0.142. The van der Waals surface area contributed by atoms with Crippen molar-refractivity contribution < 1.29 is 0 Å². The van der Waals surface area contributed by atoms with Crippen LogP contribution in [0.4, 0.5) is 5.69 Å². The summed E-state index contributed by atoms with van der Waals surface area (Å²) in [5.41, 5.74) is 3.12. The van der Waals surface area contributed by atoms with Crippen molar-refractivity contribution >= 4 is 21.6 Å². The Balaban J connectivity index is 1.58. The Labute approximate surface area is 150 Å². The maximum absolute atomic E-state index is 11.8. The number of rotatable bonds is 5. The van der Waals surface area contributed by atoms with Crippen LogP contribution in [-0.2, 0) is 20.1 Å². The fourth-order valence-electron chi connectivity index (χ4n) is 2.97. The number of aromatic nitrogens is 2. The first-order valence-corrected chi connectivity index (χ1v) is 9.18. The van der Waals surface area contributed by atoms with Gasteiger partial charge in [-0.1, -0.05) is 30.7 Å². The lowest BCUT2D eigenvalue weighted by Crippen LogP contribution is -2.29. The number of nitrogens with one attached hydrogen (secondary N) is 1. The summed E-state index contributed by atoms with van der Waals surface area (Å²) in [5, 5.41) is 7.30. The smallest absolute Gasteiger partial charge is 0.282 e. The van der Waals surface area contributed by atoms with Gasteiger partial charge in [0.05, 0.1) is 11.9 Å². The molecule has 0 atom stereocenters. The fourth-order valence-corrected chi connectivity index (χ4v) is 3.47. The lowest BCUT2D eigenvalue weighted by Gasteiger charge is -2.26. The van der Waals surface area contributed by atoms with Crippen molar-refractivity contribution in [3.63, 3.8) is 0 Å². The predicted octanol–water partition coefficient (Wildman–Crippen LogP) is 3.14. The molecule has 0 bridgehead atoms. The second-order valence-corrected chi connectivity index (χ2v) is 7.10. The summed E-state index contributed by atoms with van der Waals surface area (Å²) in [7, 11) is 1.64. The number of nitrogens with zero attached hydrogens (tertiary/aromatic N) is 3. The number of aryl methyl sites for hydroxylation is 1. The number of benzene rings is 1. The Morgan fingerprint density at radius 3 is 2.50 bits per heavy atom. The van der Waals surface area contributed by atoms with Crippen LogP contribution in [-0.4, -0.2) is 27.8 Å². The molecule has 1 aliphatic rings. The fraction of sp³-hybridized carbons (Fsp3) is 0.444. The quantitative estimate of drug-likeness (QED) is 0.851. The van der Waals surface area contributed by atoms with E-state index >= 15 is 0 Å². The number of piperidine rings is 1. The second kappa shape index (κ2) is 7.94. The summed E-state index contributed by atoms with van der Waals surface area (Å²) in [6.07, 6.45) is 5.67. The van der Waals surface area contributed by atoms with Crippen LogP contribution in [0.2, 0.25) is 0 Å². The van der Waals surface area contributed by atoms with E-state index in [9.17, 15) is 4.79 Å². The lowest BCUT2D eigenvalue weighted by atomic mass is 10.1. The van der Waals surface area contributed by atoms with Gasteiger partial charge in [0.25, 0.3) is 5.56 Å². The summed E-state index contributed by atoms with van der Waals surface area (Å²) in [6, 6.07) is 8.69. The molecular weight excluding hydrogens is 368 g/mol. The van der Waals surface area contributed by atoms with Crippen LogP contribution in [0.5, 0.6) is 0 Å². The highest BCUT2D eigenvalue weighted by Crippen LogP contribution is 2.18. The van der Waals surface area contributed by atoms with Crippen LogP contribution in [0, 0.1) is 0 Å². The van der Waals surface area contributed by atoms with Gasteiger partial charge in [-0.25, -0.2) is 4.68 Å². The molecule has 1 aromatic heterocycles. The molecular formula is C18H23BrN4O. The molecule has 2 heterocycles.